The van der Waals surface area contributed by atoms with Crippen molar-refractivity contribution in [2.45, 2.75) is 56.1 Å². The fourth-order valence-electron chi connectivity index (χ4n) is 3.41. The second-order valence-electron chi connectivity index (χ2n) is 6.40. The summed E-state index contributed by atoms with van der Waals surface area (Å²) < 4.78 is 0. The van der Waals surface area contributed by atoms with Crippen LogP contribution in [-0.4, -0.2) is 32.8 Å². The first-order chi connectivity index (χ1) is 11.5. The van der Waals surface area contributed by atoms with E-state index in [4.69, 9.17) is 21.8 Å². The quantitative estimate of drug-likeness (QED) is 0.380. The maximum atomic E-state index is 10.5. The summed E-state index contributed by atoms with van der Waals surface area (Å²) in [6.07, 6.45) is 6.50. The highest BCUT2D eigenvalue weighted by Gasteiger charge is 2.41. The SMILES string of the molecule is O=C(O)CCC/C=C\C[C@@H]1[C@@H](c2ccc(CO)cc2)[C@H](O)C[C@@H]1Cl. The van der Waals surface area contributed by atoms with Crippen molar-refractivity contribution in [3.63, 3.8) is 0 Å². The Morgan fingerprint density at radius 2 is 1.96 bits per heavy atom. The molecule has 0 spiro atoms. The Balaban J connectivity index is 1.97. The lowest BCUT2D eigenvalue weighted by Gasteiger charge is -2.23. The maximum absolute atomic E-state index is 10.5. The van der Waals surface area contributed by atoms with Crippen LogP contribution >= 0.6 is 11.6 Å². The highest BCUT2D eigenvalue weighted by Crippen LogP contribution is 2.44. The van der Waals surface area contributed by atoms with Gasteiger partial charge in [-0.25, -0.2) is 0 Å². The number of allylic oxidation sites excluding steroid dienone is 2. The zero-order chi connectivity index (χ0) is 17.5. The first-order valence-corrected chi connectivity index (χ1v) is 8.85. The van der Waals surface area contributed by atoms with Crippen LogP contribution in [-0.2, 0) is 11.4 Å². The molecule has 2 rings (SSSR count). The van der Waals surface area contributed by atoms with E-state index in [0.29, 0.717) is 12.8 Å². The molecule has 0 heterocycles. The number of aliphatic carboxylic acids is 1. The number of carboxylic acid groups (broad SMARTS) is 1. The van der Waals surface area contributed by atoms with Crippen molar-refractivity contribution < 1.29 is 20.1 Å². The van der Waals surface area contributed by atoms with Crippen LogP contribution in [0.1, 0.15) is 49.1 Å². The van der Waals surface area contributed by atoms with E-state index in [9.17, 15) is 9.90 Å². The zero-order valence-corrected chi connectivity index (χ0v) is 14.4. The van der Waals surface area contributed by atoms with Gasteiger partial charge in [0.15, 0.2) is 0 Å². The molecule has 0 amide bonds. The van der Waals surface area contributed by atoms with Crippen LogP contribution in [0.15, 0.2) is 36.4 Å². The lowest BCUT2D eigenvalue weighted by molar-refractivity contribution is -0.137. The summed E-state index contributed by atoms with van der Waals surface area (Å²) in [5.41, 5.74) is 1.90. The van der Waals surface area contributed by atoms with Gasteiger partial charge in [0.25, 0.3) is 0 Å². The fraction of sp³-hybridized carbons (Fsp3) is 0.526. The minimum atomic E-state index is -0.769. The van der Waals surface area contributed by atoms with Crippen LogP contribution in [0.5, 0.6) is 0 Å². The van der Waals surface area contributed by atoms with E-state index < -0.39 is 12.1 Å². The molecular formula is C19H25ClO4. The van der Waals surface area contributed by atoms with Gasteiger partial charge in [0, 0.05) is 17.7 Å². The number of carbonyl (C=O) groups is 1. The van der Waals surface area contributed by atoms with Crippen molar-refractivity contribution in [2.75, 3.05) is 0 Å². The van der Waals surface area contributed by atoms with Gasteiger partial charge in [-0.15, -0.1) is 11.6 Å². The van der Waals surface area contributed by atoms with E-state index in [0.717, 1.165) is 24.0 Å². The second kappa shape index (κ2) is 9.21. The topological polar surface area (TPSA) is 77.8 Å². The molecule has 3 N–H and O–H groups in total. The third-order valence-electron chi connectivity index (χ3n) is 4.69. The van der Waals surface area contributed by atoms with E-state index in [2.05, 4.69) is 6.08 Å². The van der Waals surface area contributed by atoms with Crippen LogP contribution in [0.25, 0.3) is 0 Å². The second-order valence-corrected chi connectivity index (χ2v) is 6.96. The van der Waals surface area contributed by atoms with Gasteiger partial charge in [0.05, 0.1) is 12.7 Å². The fourth-order valence-corrected chi connectivity index (χ4v) is 3.86. The molecule has 5 heteroatoms. The van der Waals surface area contributed by atoms with Gasteiger partial charge < -0.3 is 15.3 Å². The summed E-state index contributed by atoms with van der Waals surface area (Å²) in [5.74, 6) is -0.629. The molecule has 1 aliphatic rings. The molecule has 1 saturated carbocycles. The molecule has 1 aromatic carbocycles. The van der Waals surface area contributed by atoms with Gasteiger partial charge in [-0.2, -0.15) is 0 Å². The minimum Gasteiger partial charge on any atom is -0.481 e. The lowest BCUT2D eigenvalue weighted by Crippen LogP contribution is -2.18. The first kappa shape index (κ1) is 19.0. The summed E-state index contributed by atoms with van der Waals surface area (Å²) in [6.45, 7) is 0.00808. The lowest BCUT2D eigenvalue weighted by atomic mass is 9.85. The largest absolute Gasteiger partial charge is 0.481 e. The van der Waals surface area contributed by atoms with Crippen LogP contribution in [0.3, 0.4) is 0 Å². The van der Waals surface area contributed by atoms with Crippen molar-refractivity contribution in [1.82, 2.24) is 0 Å². The Kier molecular flexibility index (Phi) is 7.28. The minimum absolute atomic E-state index is 0.00808. The number of aliphatic hydroxyl groups is 2. The molecule has 4 nitrogen and oxygen atoms in total. The van der Waals surface area contributed by atoms with E-state index in [1.807, 2.05) is 30.3 Å². The zero-order valence-electron chi connectivity index (χ0n) is 13.6. The summed E-state index contributed by atoms with van der Waals surface area (Å²) in [7, 11) is 0. The van der Waals surface area contributed by atoms with Crippen LogP contribution < -0.4 is 0 Å². The number of unbranched alkanes of at least 4 members (excludes halogenated alkanes) is 1. The van der Waals surface area contributed by atoms with E-state index in [1.54, 1.807) is 0 Å². The van der Waals surface area contributed by atoms with E-state index >= 15 is 0 Å². The molecule has 0 radical (unpaired) electrons. The third-order valence-corrected chi connectivity index (χ3v) is 5.19. The molecule has 24 heavy (non-hydrogen) atoms. The van der Waals surface area contributed by atoms with Gasteiger partial charge in [-0.3, -0.25) is 4.79 Å². The smallest absolute Gasteiger partial charge is 0.303 e. The summed E-state index contributed by atoms with van der Waals surface area (Å²) in [4.78, 5) is 10.5. The Bertz CT molecular complexity index is 555. The summed E-state index contributed by atoms with van der Waals surface area (Å²) >= 11 is 6.45. The highest BCUT2D eigenvalue weighted by molar-refractivity contribution is 6.21. The molecule has 0 saturated heterocycles. The van der Waals surface area contributed by atoms with Crippen molar-refractivity contribution in [1.29, 1.82) is 0 Å². The molecular weight excluding hydrogens is 328 g/mol. The van der Waals surface area contributed by atoms with Gasteiger partial charge >= 0.3 is 5.97 Å². The molecule has 1 fully saturated rings. The number of rotatable bonds is 8. The Labute approximate surface area is 147 Å². The molecule has 4 atom stereocenters. The van der Waals surface area contributed by atoms with E-state index in [-0.39, 0.29) is 30.2 Å². The van der Waals surface area contributed by atoms with Crippen LogP contribution in [0, 0.1) is 5.92 Å². The molecule has 1 aliphatic carbocycles. The predicted octanol–water partition coefficient (Wildman–Crippen LogP) is 3.45. The van der Waals surface area contributed by atoms with Gasteiger partial charge in [0.1, 0.15) is 0 Å². The number of alkyl halides is 1. The van der Waals surface area contributed by atoms with Crippen molar-refractivity contribution in [3.8, 4) is 0 Å². The number of hydrogen-bond acceptors (Lipinski definition) is 3. The van der Waals surface area contributed by atoms with Crippen molar-refractivity contribution >= 4 is 17.6 Å². The Morgan fingerprint density at radius 3 is 2.58 bits per heavy atom. The normalized spacial score (nSPS) is 27.0. The maximum Gasteiger partial charge on any atom is 0.303 e. The molecule has 0 unspecified atom stereocenters. The monoisotopic (exact) mass is 352 g/mol. The van der Waals surface area contributed by atoms with Gasteiger partial charge in [0.2, 0.25) is 0 Å². The standard InChI is InChI=1S/C19H25ClO4/c20-16-11-17(22)19(14-9-7-13(12-21)8-10-14)15(16)5-3-1-2-4-6-18(23)24/h1,3,7-10,15-17,19,21-22H,2,4-6,11-12H2,(H,23,24)/b3-1-/t15-,16-,17+,19+/m0/s1. The summed E-state index contributed by atoms with van der Waals surface area (Å²) in [5, 5.41) is 28.1. The summed E-state index contributed by atoms with van der Waals surface area (Å²) in [6, 6.07) is 7.67. The first-order valence-electron chi connectivity index (χ1n) is 8.41. The predicted molar refractivity (Wildman–Crippen MR) is 94.1 cm³/mol. The number of benzene rings is 1. The van der Waals surface area contributed by atoms with Crippen molar-refractivity contribution in [2.24, 2.45) is 5.92 Å². The number of hydrogen-bond donors (Lipinski definition) is 3. The third kappa shape index (κ3) is 5.07. The average Bonchev–Trinajstić information content (AvgIpc) is 2.84. The Hall–Kier alpha value is -1.36. The number of halogens is 1. The van der Waals surface area contributed by atoms with Gasteiger partial charge in [-0.05, 0) is 42.7 Å². The molecule has 132 valence electrons. The Morgan fingerprint density at radius 1 is 1.25 bits per heavy atom. The van der Waals surface area contributed by atoms with E-state index in [1.165, 1.54) is 0 Å². The van der Waals surface area contributed by atoms with Crippen LogP contribution in [0.4, 0.5) is 0 Å². The molecule has 0 aromatic heterocycles. The van der Waals surface area contributed by atoms with Crippen molar-refractivity contribution in [3.05, 3.63) is 47.5 Å². The molecule has 0 bridgehead atoms. The average molecular weight is 353 g/mol. The molecule has 1 aromatic rings. The number of carboxylic acids is 1. The number of aliphatic hydroxyl groups excluding tert-OH is 2. The van der Waals surface area contributed by atoms with Gasteiger partial charge in [-0.1, -0.05) is 36.4 Å². The molecule has 0 aliphatic heterocycles. The highest BCUT2D eigenvalue weighted by atomic mass is 35.5. The van der Waals surface area contributed by atoms with Crippen LogP contribution in [0.2, 0.25) is 0 Å².